The highest BCUT2D eigenvalue weighted by Crippen LogP contribution is 2.60. The number of hydrogen-bond acceptors (Lipinski definition) is 5. The van der Waals surface area contributed by atoms with Crippen molar-refractivity contribution in [2.75, 3.05) is 13.6 Å². The number of likely N-dealkylation sites (N-methyl/N-ethyl adjacent to an activating group) is 1. The van der Waals surface area contributed by atoms with E-state index in [1.807, 2.05) is 50.4 Å². The maximum Gasteiger partial charge on any atom is 0.191 e. The van der Waals surface area contributed by atoms with Crippen LogP contribution in [0.2, 0.25) is 0 Å². The predicted molar refractivity (Wildman–Crippen MR) is 98.0 cm³/mol. The zero-order valence-corrected chi connectivity index (χ0v) is 15.2. The highest BCUT2D eigenvalue weighted by atomic mass is 15.1. The highest BCUT2D eigenvalue weighted by Gasteiger charge is 2.60. The Bertz CT molecular complexity index is 908. The minimum atomic E-state index is -1.58. The van der Waals surface area contributed by atoms with Gasteiger partial charge >= 0.3 is 0 Å². The van der Waals surface area contributed by atoms with Gasteiger partial charge in [0, 0.05) is 23.9 Å². The van der Waals surface area contributed by atoms with Crippen LogP contribution in [0.15, 0.2) is 53.3 Å². The van der Waals surface area contributed by atoms with Crippen molar-refractivity contribution in [3.05, 3.63) is 58.8 Å². The van der Waals surface area contributed by atoms with Crippen LogP contribution in [0.5, 0.6) is 0 Å². The molecule has 1 aromatic carbocycles. The fourth-order valence-corrected chi connectivity index (χ4v) is 4.56. The fraction of sp³-hybridized carbons (Fsp3) is 0.381. The van der Waals surface area contributed by atoms with Gasteiger partial charge in [-0.15, -0.1) is 0 Å². The van der Waals surface area contributed by atoms with E-state index in [-0.39, 0.29) is 17.3 Å². The smallest absolute Gasteiger partial charge is 0.191 e. The summed E-state index contributed by atoms with van der Waals surface area (Å²) in [5, 5.41) is 29.9. The Balaban J connectivity index is 2.44. The van der Waals surface area contributed by atoms with Crippen molar-refractivity contribution in [2.24, 2.45) is 16.6 Å². The molecular formula is C21H21N5. The average molecular weight is 343 g/mol. The summed E-state index contributed by atoms with van der Waals surface area (Å²) in [5.74, 6) is -0.468. The molecule has 1 heterocycles. The molecule has 1 aliphatic carbocycles. The van der Waals surface area contributed by atoms with Crippen molar-refractivity contribution < 1.29 is 0 Å². The largest absolute Gasteiger partial charge is 0.399 e. The summed E-state index contributed by atoms with van der Waals surface area (Å²) in [7, 11) is 2.01. The van der Waals surface area contributed by atoms with E-state index in [1.165, 1.54) is 0 Å². The number of rotatable bonds is 1. The van der Waals surface area contributed by atoms with Crippen LogP contribution in [-0.2, 0) is 0 Å². The molecule has 0 amide bonds. The molecule has 2 N–H and O–H groups in total. The van der Waals surface area contributed by atoms with Crippen molar-refractivity contribution in [1.29, 1.82) is 15.8 Å². The lowest BCUT2D eigenvalue weighted by Gasteiger charge is -2.53. The minimum Gasteiger partial charge on any atom is -0.399 e. The van der Waals surface area contributed by atoms with E-state index < -0.39 is 16.7 Å². The number of hydrogen-bond donors (Lipinski definition) is 1. The second-order valence-corrected chi connectivity index (χ2v) is 7.43. The van der Waals surface area contributed by atoms with Gasteiger partial charge in [0.05, 0.1) is 23.4 Å². The van der Waals surface area contributed by atoms with Crippen molar-refractivity contribution in [3.63, 3.8) is 0 Å². The molecule has 3 rings (SSSR count). The number of nitrogens with zero attached hydrogens (tertiary/aromatic N) is 4. The van der Waals surface area contributed by atoms with Gasteiger partial charge in [-0.1, -0.05) is 43.3 Å². The summed E-state index contributed by atoms with van der Waals surface area (Å²) in [6.07, 6.45) is 2.05. The third kappa shape index (κ3) is 2.17. The summed E-state index contributed by atoms with van der Waals surface area (Å²) >= 11 is 0. The first-order valence-electron chi connectivity index (χ1n) is 8.56. The Kier molecular flexibility index (Phi) is 4.11. The van der Waals surface area contributed by atoms with E-state index in [0.717, 1.165) is 11.1 Å². The first-order valence-corrected chi connectivity index (χ1v) is 8.56. The topological polar surface area (TPSA) is 101 Å². The van der Waals surface area contributed by atoms with Crippen LogP contribution in [0, 0.1) is 44.8 Å². The van der Waals surface area contributed by atoms with E-state index in [1.54, 1.807) is 0 Å². The molecule has 0 bridgehead atoms. The fourth-order valence-electron chi connectivity index (χ4n) is 4.56. The highest BCUT2D eigenvalue weighted by molar-refractivity contribution is 5.61. The van der Waals surface area contributed by atoms with Crippen molar-refractivity contribution in [3.8, 4) is 18.2 Å². The van der Waals surface area contributed by atoms with Gasteiger partial charge in [-0.05, 0) is 25.1 Å². The van der Waals surface area contributed by atoms with Gasteiger partial charge in [-0.3, -0.25) is 4.90 Å². The Labute approximate surface area is 154 Å². The van der Waals surface area contributed by atoms with Crippen molar-refractivity contribution in [2.45, 2.75) is 25.8 Å². The number of fused-ring (bicyclic) bond motifs is 1. The number of allylic oxidation sites excluding steroid dienone is 2. The third-order valence-electron chi connectivity index (χ3n) is 5.93. The maximum atomic E-state index is 10.1. The monoisotopic (exact) mass is 343 g/mol. The molecule has 26 heavy (non-hydrogen) atoms. The van der Waals surface area contributed by atoms with Gasteiger partial charge in [-0.2, -0.15) is 15.8 Å². The van der Waals surface area contributed by atoms with E-state index >= 15 is 0 Å². The summed E-state index contributed by atoms with van der Waals surface area (Å²) < 4.78 is 0. The Morgan fingerprint density at radius 1 is 1.15 bits per heavy atom. The van der Waals surface area contributed by atoms with Gasteiger partial charge in [-0.25, -0.2) is 0 Å². The molecule has 1 aromatic rings. The van der Waals surface area contributed by atoms with E-state index in [9.17, 15) is 15.8 Å². The third-order valence-corrected chi connectivity index (χ3v) is 5.93. The van der Waals surface area contributed by atoms with Gasteiger partial charge in [0.25, 0.3) is 0 Å². The van der Waals surface area contributed by atoms with Gasteiger partial charge < -0.3 is 5.73 Å². The molecule has 2 aliphatic rings. The molecule has 1 aliphatic heterocycles. The molecule has 0 fully saturated rings. The van der Waals surface area contributed by atoms with Crippen LogP contribution in [-0.4, -0.2) is 24.5 Å². The first kappa shape index (κ1) is 17.7. The molecule has 5 heteroatoms. The summed E-state index contributed by atoms with van der Waals surface area (Å²) in [6.45, 7) is 4.72. The minimum absolute atomic E-state index is 0.0688. The zero-order valence-electron chi connectivity index (χ0n) is 15.2. The van der Waals surface area contributed by atoms with Gasteiger partial charge in [0.2, 0.25) is 0 Å². The molecule has 0 spiro atoms. The first-order chi connectivity index (χ1) is 12.4. The molecule has 3 atom stereocenters. The predicted octanol–water partition coefficient (Wildman–Crippen LogP) is 2.82. The number of nitriles is 3. The second-order valence-electron chi connectivity index (χ2n) is 7.43. The van der Waals surface area contributed by atoms with Gasteiger partial charge in [0.1, 0.15) is 6.07 Å². The standard InChI is InChI=1S/C21H21N5/c1-14-9-17-16(10-22)19(25)21(11-23,12-24)18(15-7-5-4-6-8-15)20(17,2)13-26(14)3/h4-9,14,18H,13,25H2,1-3H3/t14-,18+,20-/m0/s1. The van der Waals surface area contributed by atoms with Crippen LogP contribution in [0.4, 0.5) is 0 Å². The van der Waals surface area contributed by atoms with Crippen LogP contribution < -0.4 is 5.73 Å². The Hall–Kier alpha value is -3.07. The number of nitrogens with two attached hydrogens (primary N) is 1. The lowest BCUT2D eigenvalue weighted by molar-refractivity contribution is 0.124. The Morgan fingerprint density at radius 2 is 1.77 bits per heavy atom. The van der Waals surface area contributed by atoms with Crippen LogP contribution in [0.3, 0.4) is 0 Å². The van der Waals surface area contributed by atoms with Crippen LogP contribution in [0.1, 0.15) is 25.3 Å². The van der Waals surface area contributed by atoms with E-state index in [2.05, 4.69) is 30.0 Å². The van der Waals surface area contributed by atoms with E-state index in [0.29, 0.717) is 6.54 Å². The summed E-state index contributed by atoms with van der Waals surface area (Å²) in [5.41, 5.74) is 6.23. The lowest BCUT2D eigenvalue weighted by atomic mass is 9.51. The van der Waals surface area contributed by atoms with Crippen molar-refractivity contribution >= 4 is 0 Å². The molecule has 0 saturated heterocycles. The summed E-state index contributed by atoms with van der Waals surface area (Å²) in [4.78, 5) is 2.18. The van der Waals surface area contributed by atoms with Crippen molar-refractivity contribution in [1.82, 2.24) is 4.90 Å². The Morgan fingerprint density at radius 3 is 2.31 bits per heavy atom. The molecule has 0 aromatic heterocycles. The molecule has 0 saturated carbocycles. The van der Waals surface area contributed by atoms with Crippen LogP contribution >= 0.6 is 0 Å². The molecule has 0 unspecified atom stereocenters. The van der Waals surface area contributed by atoms with E-state index in [4.69, 9.17) is 5.73 Å². The molecular weight excluding hydrogens is 322 g/mol. The van der Waals surface area contributed by atoms with Gasteiger partial charge in [0.15, 0.2) is 5.41 Å². The molecule has 5 nitrogen and oxygen atoms in total. The normalized spacial score (nSPS) is 30.4. The SMILES string of the molecule is C[C@H]1C=C2C(C#N)=C(N)C(C#N)(C#N)[C@H](c3ccccc3)[C@@]2(C)CN1C. The maximum absolute atomic E-state index is 10.1. The quantitative estimate of drug-likeness (QED) is 0.845. The molecule has 130 valence electrons. The summed E-state index contributed by atoms with van der Waals surface area (Å²) in [6, 6.07) is 16.2. The van der Waals surface area contributed by atoms with Crippen LogP contribution in [0.25, 0.3) is 0 Å². The lowest BCUT2D eigenvalue weighted by Crippen LogP contribution is -2.54. The molecule has 0 radical (unpaired) electrons. The zero-order chi connectivity index (χ0) is 19.1. The second kappa shape index (κ2) is 6.03. The number of benzene rings is 1. The average Bonchev–Trinajstić information content (AvgIpc) is 2.64.